The summed E-state index contributed by atoms with van der Waals surface area (Å²) in [6.45, 7) is 1.54. The fourth-order valence-corrected chi connectivity index (χ4v) is 10.4. The van der Waals surface area contributed by atoms with Crippen molar-refractivity contribution in [1.82, 2.24) is 79.8 Å². The molecule has 1 saturated heterocycles. The predicted octanol–water partition coefficient (Wildman–Crippen LogP) is -9.92. The summed E-state index contributed by atoms with van der Waals surface area (Å²) in [5, 5.41) is 101. The first-order valence-corrected chi connectivity index (χ1v) is 34.3. The third-order valence-corrected chi connectivity index (χ3v) is 16.2. The summed E-state index contributed by atoms with van der Waals surface area (Å²) in [7, 11) is 0. The minimum atomic E-state index is -2.27. The molecule has 0 aliphatic carbocycles. The minimum Gasteiger partial charge on any atom is -0.481 e. The summed E-state index contributed by atoms with van der Waals surface area (Å²) in [5.74, 6) is -24.7. The van der Waals surface area contributed by atoms with Gasteiger partial charge in [0, 0.05) is 38.6 Å². The Balaban J connectivity index is 1.85. The second kappa shape index (κ2) is 46.6. The van der Waals surface area contributed by atoms with Crippen LogP contribution in [0.25, 0.3) is 0 Å². The number of hydrogen-bond acceptors (Lipinski definition) is 23. The van der Waals surface area contributed by atoms with Crippen LogP contribution in [0, 0.1) is 11.3 Å². The van der Waals surface area contributed by atoms with Crippen LogP contribution in [0.1, 0.15) is 103 Å². The van der Waals surface area contributed by atoms with Crippen molar-refractivity contribution >= 4 is 118 Å². The highest BCUT2D eigenvalue weighted by molar-refractivity contribution is 6.01. The van der Waals surface area contributed by atoms with Gasteiger partial charge in [0.05, 0.1) is 45.0 Å². The molecule has 15 amide bonds. The Morgan fingerprint density at radius 3 is 1.35 bits per heavy atom. The molecule has 1 unspecified atom stereocenters. The van der Waals surface area contributed by atoms with Gasteiger partial charge in [0.1, 0.15) is 72.7 Å². The molecule has 1 heterocycles. The van der Waals surface area contributed by atoms with E-state index in [-0.39, 0.29) is 51.0 Å². The second-order valence-electron chi connectivity index (χ2n) is 25.6. The molecule has 0 aromatic heterocycles. The summed E-state index contributed by atoms with van der Waals surface area (Å²) in [6, 6.07) is -4.55. The van der Waals surface area contributed by atoms with Gasteiger partial charge in [-0.3, -0.25) is 102 Å². The normalized spacial score (nSPS) is 15.5. The van der Waals surface area contributed by atoms with Gasteiger partial charge in [-0.1, -0.05) is 74.5 Å². The molecule has 0 bridgehead atoms. The van der Waals surface area contributed by atoms with E-state index >= 15 is 0 Å². The van der Waals surface area contributed by atoms with Crippen LogP contribution in [0.15, 0.2) is 60.7 Å². The summed E-state index contributed by atoms with van der Waals surface area (Å²) in [4.78, 5) is 249. The first-order valence-electron chi connectivity index (χ1n) is 34.3. The maximum Gasteiger partial charge on any atom is 0.320 e. The van der Waals surface area contributed by atoms with Gasteiger partial charge in [0.2, 0.25) is 88.6 Å². The van der Waals surface area contributed by atoms with Gasteiger partial charge in [-0.25, -0.2) is 0 Å². The Kier molecular flexibility index (Phi) is 38.8. The third kappa shape index (κ3) is 34.4. The standard InChI is InChI=1S/C66H95N19O25/c1-31(2)53(85-49(91)29-73-55(99)35-16-19-47(89)75-35)64(108)83-42(26-46(68)88)61(105)82-43(27-52(96)97)62(106)81-41(25-45(67)87)60(104)78-37(18-21-51(94)95)57(101)77-36(17-20-50(92)93)56(100)72-28-48(90)76-39(23-33-11-6-4-7-12-33)58(102)80-40(24-34-13-8-5-9-14-34)59(103)84-44(30-86)63(107)74-32(3)54(98)79-38(65(109)110)15-10-22-71-66(69)70/h4-9,11-14,31-32,35-44,53-54,79,86,98H,10,15-30H2,1-3H3,(H2,67,87)(H2,68,88)(H,72,100)(H,73,99)(H,74,107)(H,75,89)(H,76,90)(H,77,101)(H,78,104)(H,80,102)(H,81,106)(H,82,105)(H,83,108)(H,84,103)(H,85,91)(H,92,93)(H,94,95)(H,96,97)(H,109,110)(H4,69,70,71)/t32-,35-,36-,37-,38-,39-,40-,41-,42-,43-,44-,53-,54?/m0/s1. The Labute approximate surface area is 627 Å². The van der Waals surface area contributed by atoms with Gasteiger partial charge in [-0.05, 0) is 56.1 Å². The van der Waals surface area contributed by atoms with E-state index in [4.69, 9.17) is 22.6 Å². The van der Waals surface area contributed by atoms with Crippen molar-refractivity contribution in [3.63, 3.8) is 0 Å². The number of benzene rings is 2. The van der Waals surface area contributed by atoms with Crippen LogP contribution < -0.4 is 97.0 Å². The number of hydrogen-bond donors (Lipinski definition) is 25. The molecule has 604 valence electrons. The summed E-state index contributed by atoms with van der Waals surface area (Å²) >= 11 is 0. The van der Waals surface area contributed by atoms with E-state index < -0.39 is 262 Å². The lowest BCUT2D eigenvalue weighted by Crippen LogP contribution is -2.61. The number of carbonyl (C=O) groups is 19. The maximum atomic E-state index is 14.4. The van der Waals surface area contributed by atoms with Crippen molar-refractivity contribution in [3.8, 4) is 0 Å². The zero-order chi connectivity index (χ0) is 82.5. The summed E-state index contributed by atoms with van der Waals surface area (Å²) in [5.41, 5.74) is 16.9. The Bertz CT molecular complexity index is 3650. The van der Waals surface area contributed by atoms with Gasteiger partial charge in [-0.2, -0.15) is 0 Å². The fourth-order valence-electron chi connectivity index (χ4n) is 10.4. The monoisotopic (exact) mass is 1550 g/mol. The van der Waals surface area contributed by atoms with Crippen LogP contribution in [-0.4, -0.2) is 254 Å². The van der Waals surface area contributed by atoms with Gasteiger partial charge in [0.25, 0.3) is 0 Å². The highest BCUT2D eigenvalue weighted by atomic mass is 16.4. The van der Waals surface area contributed by atoms with Crippen molar-refractivity contribution in [2.24, 2.45) is 23.1 Å². The van der Waals surface area contributed by atoms with Crippen LogP contribution in [0.5, 0.6) is 0 Å². The average molecular weight is 1550 g/mol. The van der Waals surface area contributed by atoms with E-state index in [1.54, 1.807) is 60.7 Å². The topological polar surface area (TPSA) is 728 Å². The van der Waals surface area contributed by atoms with Gasteiger partial charge in [-0.15, -0.1) is 0 Å². The van der Waals surface area contributed by atoms with Crippen LogP contribution in [0.2, 0.25) is 0 Å². The van der Waals surface area contributed by atoms with Gasteiger partial charge < -0.3 is 122 Å². The van der Waals surface area contributed by atoms with E-state index in [0.29, 0.717) is 11.1 Å². The van der Waals surface area contributed by atoms with Gasteiger partial charge in [0.15, 0.2) is 5.96 Å². The molecule has 44 heteroatoms. The van der Waals surface area contributed by atoms with Crippen molar-refractivity contribution in [3.05, 3.63) is 71.8 Å². The number of guanidine groups is 1. The number of nitrogens with one attached hydrogen (secondary N) is 16. The molecule has 28 N–H and O–H groups in total. The second-order valence-corrected chi connectivity index (χ2v) is 25.6. The predicted molar refractivity (Wildman–Crippen MR) is 378 cm³/mol. The number of aliphatic hydroxyl groups excluding tert-OH is 2. The molecule has 13 atom stereocenters. The number of primary amides is 2. The minimum absolute atomic E-state index is 0.0536. The van der Waals surface area contributed by atoms with Crippen molar-refractivity contribution in [2.75, 3.05) is 26.2 Å². The van der Waals surface area contributed by atoms with Crippen molar-refractivity contribution in [1.29, 1.82) is 5.41 Å². The lowest BCUT2D eigenvalue weighted by Gasteiger charge is -2.28. The highest BCUT2D eigenvalue weighted by Gasteiger charge is 2.38. The molecular weight excluding hydrogens is 1460 g/mol. The van der Waals surface area contributed by atoms with Crippen LogP contribution in [0.3, 0.4) is 0 Å². The number of rotatable bonds is 50. The molecular formula is C66H95N19O25. The summed E-state index contributed by atoms with van der Waals surface area (Å²) < 4.78 is 0. The smallest absolute Gasteiger partial charge is 0.320 e. The number of nitrogens with two attached hydrogens (primary N) is 3. The number of aliphatic carboxylic acids is 4. The number of carbonyl (C=O) groups excluding carboxylic acids is 15. The SMILES string of the molecule is CC(C)[C@H](NC(=O)CNC(=O)[C@@H]1CCC(=O)N1)C(=O)N[C@@H](CC(N)=O)C(=O)N[C@@H](CC(=O)O)C(=O)N[C@@H](CC(N)=O)C(=O)N[C@@H](CCC(=O)O)C(=O)N[C@@H](CCC(=O)O)C(=O)NCC(=O)N[C@@H](Cc1ccccc1)C(=O)N[C@@H](Cc1ccccc1)C(=O)N[C@@H](CO)C(=O)N[C@@H](C)C(O)N[C@@H](CCCNC(=N)N)C(=O)O. The lowest BCUT2D eigenvalue weighted by atomic mass is 10.0. The van der Waals surface area contributed by atoms with Crippen LogP contribution in [-0.2, 0) is 104 Å². The molecule has 2 aromatic rings. The van der Waals surface area contributed by atoms with E-state index in [2.05, 4.69) is 69.1 Å². The van der Waals surface area contributed by atoms with Crippen LogP contribution >= 0.6 is 0 Å². The molecule has 44 nitrogen and oxygen atoms in total. The van der Waals surface area contributed by atoms with E-state index in [1.165, 1.54) is 20.8 Å². The number of amides is 15. The number of aliphatic hydroxyl groups is 2. The zero-order valence-electron chi connectivity index (χ0n) is 60.0. The first-order chi connectivity index (χ1) is 51.8. The van der Waals surface area contributed by atoms with Gasteiger partial charge >= 0.3 is 23.9 Å². The molecule has 1 aliphatic heterocycles. The highest BCUT2D eigenvalue weighted by Crippen LogP contribution is 2.13. The fraction of sp³-hybridized carbons (Fsp3) is 0.515. The molecule has 0 saturated carbocycles. The van der Waals surface area contributed by atoms with E-state index in [9.17, 15) is 122 Å². The third-order valence-electron chi connectivity index (χ3n) is 16.2. The van der Waals surface area contributed by atoms with Crippen LogP contribution in [0.4, 0.5) is 0 Å². The maximum absolute atomic E-state index is 14.4. The molecule has 1 fully saturated rings. The molecule has 2 aromatic carbocycles. The molecule has 110 heavy (non-hydrogen) atoms. The van der Waals surface area contributed by atoms with Crippen molar-refractivity contribution in [2.45, 2.75) is 183 Å². The van der Waals surface area contributed by atoms with Crippen molar-refractivity contribution < 1.29 is 122 Å². The number of carboxylic acids is 4. The average Bonchev–Trinajstić information content (AvgIpc) is 1.25. The molecule has 0 spiro atoms. The Morgan fingerprint density at radius 2 is 0.900 bits per heavy atom. The Morgan fingerprint density at radius 1 is 0.482 bits per heavy atom. The summed E-state index contributed by atoms with van der Waals surface area (Å²) in [6.07, 6.45) is -8.89. The molecule has 1 aliphatic rings. The zero-order valence-corrected chi connectivity index (χ0v) is 60.0. The largest absolute Gasteiger partial charge is 0.481 e. The first kappa shape index (κ1) is 91.7. The van der Waals surface area contributed by atoms with E-state index in [0.717, 1.165) is 0 Å². The lowest BCUT2D eigenvalue weighted by molar-refractivity contribution is -0.142. The van der Waals surface area contributed by atoms with E-state index in [1.807, 2.05) is 10.6 Å². The molecule has 3 rings (SSSR count). The Hall–Kier alpha value is -12.5. The number of carboxylic acid groups (broad SMARTS) is 4. The molecule has 0 radical (unpaired) electrons. The quantitative estimate of drug-likeness (QED) is 0.0127.